The lowest BCUT2D eigenvalue weighted by Gasteiger charge is -2.25. The summed E-state index contributed by atoms with van der Waals surface area (Å²) in [5.41, 5.74) is 0. The van der Waals surface area contributed by atoms with E-state index in [4.69, 9.17) is 4.74 Å². The molecule has 1 aliphatic rings. The van der Waals surface area contributed by atoms with E-state index in [1.54, 1.807) is 0 Å². The maximum absolute atomic E-state index is 5.28. The maximum Gasteiger partial charge on any atom is 0.0593 e. The molecule has 0 aromatic rings. The highest BCUT2D eigenvalue weighted by molar-refractivity contribution is 4.76. The van der Waals surface area contributed by atoms with Crippen LogP contribution in [-0.2, 0) is 4.74 Å². The van der Waals surface area contributed by atoms with Crippen molar-refractivity contribution in [3.63, 3.8) is 0 Å². The van der Waals surface area contributed by atoms with Crippen molar-refractivity contribution in [3.05, 3.63) is 6.42 Å². The van der Waals surface area contributed by atoms with Gasteiger partial charge in [0.1, 0.15) is 0 Å². The van der Waals surface area contributed by atoms with Crippen molar-refractivity contribution in [1.82, 2.24) is 4.90 Å². The molecule has 1 rings (SSSR count). The minimum Gasteiger partial charge on any atom is -0.380 e. The van der Waals surface area contributed by atoms with Crippen LogP contribution in [0.5, 0.6) is 0 Å². The van der Waals surface area contributed by atoms with Gasteiger partial charge in [-0.05, 0) is 39.3 Å². The standard InChI is InChI=1S/C9H18NO/c1-2-11-9-8-10-6-4-3-5-7-10/h3H,2,4-9H2,1H3. The van der Waals surface area contributed by atoms with Gasteiger partial charge in [0.25, 0.3) is 0 Å². The van der Waals surface area contributed by atoms with Crippen molar-refractivity contribution in [2.75, 3.05) is 32.8 Å². The quantitative estimate of drug-likeness (QED) is 0.569. The van der Waals surface area contributed by atoms with Crippen molar-refractivity contribution in [2.24, 2.45) is 0 Å². The summed E-state index contributed by atoms with van der Waals surface area (Å²) in [6.07, 6.45) is 4.88. The van der Waals surface area contributed by atoms with Crippen molar-refractivity contribution in [1.29, 1.82) is 0 Å². The van der Waals surface area contributed by atoms with Crippen LogP contribution < -0.4 is 0 Å². The minimum atomic E-state index is 0.847. The molecule has 1 aliphatic heterocycles. The second-order valence-corrected chi connectivity index (χ2v) is 2.90. The molecule has 1 saturated heterocycles. The van der Waals surface area contributed by atoms with Gasteiger partial charge < -0.3 is 9.64 Å². The number of likely N-dealkylation sites (tertiary alicyclic amines) is 1. The molecule has 1 fully saturated rings. The fourth-order valence-corrected chi connectivity index (χ4v) is 1.37. The van der Waals surface area contributed by atoms with Crippen molar-refractivity contribution in [2.45, 2.75) is 19.8 Å². The van der Waals surface area contributed by atoms with Crippen molar-refractivity contribution in [3.8, 4) is 0 Å². The van der Waals surface area contributed by atoms with E-state index in [9.17, 15) is 0 Å². The fraction of sp³-hybridized carbons (Fsp3) is 0.889. The molecular formula is C9H18NO. The first-order chi connectivity index (χ1) is 5.43. The average molecular weight is 156 g/mol. The Morgan fingerprint density at radius 1 is 1.36 bits per heavy atom. The van der Waals surface area contributed by atoms with Gasteiger partial charge >= 0.3 is 0 Å². The second kappa shape index (κ2) is 5.56. The van der Waals surface area contributed by atoms with E-state index in [1.807, 2.05) is 6.92 Å². The van der Waals surface area contributed by atoms with Gasteiger partial charge in [0.15, 0.2) is 0 Å². The molecule has 1 radical (unpaired) electrons. The molecular weight excluding hydrogens is 138 g/mol. The predicted octanol–water partition coefficient (Wildman–Crippen LogP) is 1.32. The van der Waals surface area contributed by atoms with Gasteiger partial charge in [-0.2, -0.15) is 0 Å². The average Bonchev–Trinajstić information content (AvgIpc) is 2.07. The van der Waals surface area contributed by atoms with Crippen LogP contribution in [0.1, 0.15) is 19.8 Å². The van der Waals surface area contributed by atoms with E-state index in [0.717, 1.165) is 19.8 Å². The molecule has 0 saturated carbocycles. The molecule has 1 heterocycles. The van der Waals surface area contributed by atoms with E-state index in [1.165, 1.54) is 25.9 Å². The number of hydrogen-bond donors (Lipinski definition) is 0. The smallest absolute Gasteiger partial charge is 0.0593 e. The summed E-state index contributed by atoms with van der Waals surface area (Å²) in [6.45, 7) is 7.36. The number of piperidine rings is 1. The summed E-state index contributed by atoms with van der Waals surface area (Å²) in [4.78, 5) is 2.47. The molecule has 11 heavy (non-hydrogen) atoms. The Morgan fingerprint density at radius 2 is 2.09 bits per heavy atom. The van der Waals surface area contributed by atoms with Gasteiger partial charge in [0.2, 0.25) is 0 Å². The molecule has 2 nitrogen and oxygen atoms in total. The third kappa shape index (κ3) is 3.73. The normalized spacial score (nSPS) is 20.5. The van der Waals surface area contributed by atoms with Crippen LogP contribution in [0, 0.1) is 6.42 Å². The number of rotatable bonds is 4. The van der Waals surface area contributed by atoms with Crippen molar-refractivity contribution < 1.29 is 4.74 Å². The SMILES string of the molecule is CCOCCN1CC[CH]CC1. The maximum atomic E-state index is 5.28. The Kier molecular flexibility index (Phi) is 4.55. The Bertz CT molecular complexity index is 89.6. The fourth-order valence-electron chi connectivity index (χ4n) is 1.37. The number of ether oxygens (including phenoxy) is 1. The van der Waals surface area contributed by atoms with E-state index in [0.29, 0.717) is 0 Å². The Labute approximate surface area is 69.5 Å². The molecule has 0 aliphatic carbocycles. The van der Waals surface area contributed by atoms with Crippen LogP contribution in [0.2, 0.25) is 0 Å². The molecule has 0 unspecified atom stereocenters. The van der Waals surface area contributed by atoms with Gasteiger partial charge in [-0.15, -0.1) is 0 Å². The summed E-state index contributed by atoms with van der Waals surface area (Å²) in [5, 5.41) is 0. The van der Waals surface area contributed by atoms with E-state index >= 15 is 0 Å². The summed E-state index contributed by atoms with van der Waals surface area (Å²) in [5.74, 6) is 0. The number of nitrogens with zero attached hydrogens (tertiary/aromatic N) is 1. The van der Waals surface area contributed by atoms with Gasteiger partial charge in [-0.25, -0.2) is 0 Å². The van der Waals surface area contributed by atoms with Gasteiger partial charge in [0, 0.05) is 13.2 Å². The largest absolute Gasteiger partial charge is 0.380 e. The van der Waals surface area contributed by atoms with Crippen LogP contribution in [0.25, 0.3) is 0 Å². The zero-order chi connectivity index (χ0) is 7.94. The molecule has 0 atom stereocenters. The molecule has 0 bridgehead atoms. The van der Waals surface area contributed by atoms with Crippen LogP contribution in [0.3, 0.4) is 0 Å². The lowest BCUT2D eigenvalue weighted by Crippen LogP contribution is -2.32. The summed E-state index contributed by atoms with van der Waals surface area (Å²) >= 11 is 0. The van der Waals surface area contributed by atoms with E-state index < -0.39 is 0 Å². The predicted molar refractivity (Wildman–Crippen MR) is 46.5 cm³/mol. The first-order valence-corrected chi connectivity index (χ1v) is 4.55. The monoisotopic (exact) mass is 156 g/mol. The Morgan fingerprint density at radius 3 is 2.73 bits per heavy atom. The molecule has 0 amide bonds. The lowest BCUT2D eigenvalue weighted by molar-refractivity contribution is 0.110. The lowest BCUT2D eigenvalue weighted by atomic mass is 10.1. The molecule has 0 N–H and O–H groups in total. The van der Waals surface area contributed by atoms with Crippen molar-refractivity contribution >= 4 is 0 Å². The number of hydrogen-bond acceptors (Lipinski definition) is 2. The van der Waals surface area contributed by atoms with Gasteiger partial charge in [0.05, 0.1) is 6.61 Å². The molecule has 0 aromatic heterocycles. The van der Waals surface area contributed by atoms with Crippen LogP contribution in [-0.4, -0.2) is 37.7 Å². The molecule has 65 valence electrons. The summed E-state index contributed by atoms with van der Waals surface area (Å²) in [7, 11) is 0. The molecule has 2 heteroatoms. The summed E-state index contributed by atoms with van der Waals surface area (Å²) < 4.78 is 5.28. The van der Waals surface area contributed by atoms with E-state index in [-0.39, 0.29) is 0 Å². The highest BCUT2D eigenvalue weighted by Gasteiger charge is 2.08. The zero-order valence-corrected chi connectivity index (χ0v) is 7.38. The van der Waals surface area contributed by atoms with Crippen LogP contribution >= 0.6 is 0 Å². The molecule has 0 spiro atoms. The zero-order valence-electron chi connectivity index (χ0n) is 7.38. The van der Waals surface area contributed by atoms with Gasteiger partial charge in [-0.3, -0.25) is 0 Å². The highest BCUT2D eigenvalue weighted by atomic mass is 16.5. The van der Waals surface area contributed by atoms with E-state index in [2.05, 4.69) is 11.3 Å². The topological polar surface area (TPSA) is 12.5 Å². The summed E-state index contributed by atoms with van der Waals surface area (Å²) in [6, 6.07) is 0. The third-order valence-electron chi connectivity index (χ3n) is 2.05. The third-order valence-corrected chi connectivity index (χ3v) is 2.05. The Balaban J connectivity index is 1.96. The van der Waals surface area contributed by atoms with Crippen LogP contribution in [0.15, 0.2) is 0 Å². The minimum absolute atomic E-state index is 0.847. The van der Waals surface area contributed by atoms with Crippen LogP contribution in [0.4, 0.5) is 0 Å². The molecule has 0 aromatic carbocycles. The van der Waals surface area contributed by atoms with Gasteiger partial charge in [-0.1, -0.05) is 0 Å². The second-order valence-electron chi connectivity index (χ2n) is 2.90. The first kappa shape index (κ1) is 9.01. The highest BCUT2D eigenvalue weighted by Crippen LogP contribution is 2.06. The first-order valence-electron chi connectivity index (χ1n) is 4.55. The Hall–Kier alpha value is -0.0800.